The third-order valence-electron chi connectivity index (χ3n) is 2.65. The molecule has 90 valence electrons. The van der Waals surface area contributed by atoms with Crippen molar-refractivity contribution in [3.63, 3.8) is 0 Å². The molecule has 0 amide bonds. The smallest absolute Gasteiger partial charge is 0.118 e. The molecule has 1 unspecified atom stereocenters. The third kappa shape index (κ3) is 3.58. The summed E-state index contributed by atoms with van der Waals surface area (Å²) in [6, 6.07) is 11.9. The molecule has 0 spiro atoms. The molecule has 0 radical (unpaired) electrons. The van der Waals surface area contributed by atoms with E-state index in [4.69, 9.17) is 4.74 Å². The highest BCUT2D eigenvalue weighted by atomic mass is 32.1. The van der Waals surface area contributed by atoms with Crippen LogP contribution in [-0.4, -0.2) is 18.3 Å². The van der Waals surface area contributed by atoms with Gasteiger partial charge >= 0.3 is 0 Å². The molecule has 2 aromatic rings. The lowest BCUT2D eigenvalue weighted by Gasteiger charge is -2.09. The summed E-state index contributed by atoms with van der Waals surface area (Å²) in [4.78, 5) is 1.23. The number of benzene rings is 1. The number of thiophene rings is 1. The van der Waals surface area contributed by atoms with Gasteiger partial charge in [0.05, 0.1) is 13.2 Å². The van der Waals surface area contributed by atoms with E-state index in [1.165, 1.54) is 4.88 Å². The normalized spacial score (nSPS) is 12.4. The summed E-state index contributed by atoms with van der Waals surface area (Å²) in [7, 11) is 1.65. The summed E-state index contributed by atoms with van der Waals surface area (Å²) in [5.74, 6) is 0.849. The molecule has 2 rings (SSSR count). The number of ether oxygens (including phenoxy) is 1. The molecule has 3 heteroatoms. The molecule has 0 saturated heterocycles. The molecule has 1 atom stereocenters. The Morgan fingerprint density at radius 2 is 1.94 bits per heavy atom. The van der Waals surface area contributed by atoms with Crippen molar-refractivity contribution in [1.82, 2.24) is 0 Å². The van der Waals surface area contributed by atoms with Crippen molar-refractivity contribution in [2.45, 2.75) is 18.9 Å². The SMILES string of the molecule is COc1ccc(CC(O)Cc2cccs2)cc1. The van der Waals surface area contributed by atoms with Crippen molar-refractivity contribution in [2.24, 2.45) is 0 Å². The minimum Gasteiger partial charge on any atom is -0.497 e. The molecule has 0 aliphatic rings. The van der Waals surface area contributed by atoms with Crippen molar-refractivity contribution < 1.29 is 9.84 Å². The molecule has 0 fully saturated rings. The molecule has 0 saturated carbocycles. The maximum Gasteiger partial charge on any atom is 0.118 e. The highest BCUT2D eigenvalue weighted by Crippen LogP contribution is 2.16. The van der Waals surface area contributed by atoms with Crippen LogP contribution in [0, 0.1) is 0 Å². The average Bonchev–Trinajstić information content (AvgIpc) is 2.82. The van der Waals surface area contributed by atoms with Crippen molar-refractivity contribution >= 4 is 11.3 Å². The Balaban J connectivity index is 1.91. The highest BCUT2D eigenvalue weighted by molar-refractivity contribution is 7.09. The van der Waals surface area contributed by atoms with E-state index in [1.807, 2.05) is 35.7 Å². The zero-order valence-corrected chi connectivity index (χ0v) is 10.6. The molecular weight excluding hydrogens is 232 g/mol. The molecule has 1 N–H and O–H groups in total. The Kier molecular flexibility index (Phi) is 4.18. The lowest BCUT2D eigenvalue weighted by atomic mass is 10.1. The number of aliphatic hydroxyl groups is 1. The van der Waals surface area contributed by atoms with E-state index in [-0.39, 0.29) is 6.10 Å². The Morgan fingerprint density at radius 1 is 1.18 bits per heavy atom. The second kappa shape index (κ2) is 5.84. The summed E-state index contributed by atoms with van der Waals surface area (Å²) in [6.45, 7) is 0. The van der Waals surface area contributed by atoms with Crippen LogP contribution in [0.4, 0.5) is 0 Å². The average molecular weight is 248 g/mol. The fourth-order valence-electron chi connectivity index (χ4n) is 1.77. The van der Waals surface area contributed by atoms with Crippen molar-refractivity contribution in [3.8, 4) is 5.75 Å². The van der Waals surface area contributed by atoms with Crippen LogP contribution in [0.25, 0.3) is 0 Å². The zero-order chi connectivity index (χ0) is 12.1. The van der Waals surface area contributed by atoms with Gasteiger partial charge < -0.3 is 9.84 Å². The minimum absolute atomic E-state index is 0.318. The molecule has 1 aromatic carbocycles. The van der Waals surface area contributed by atoms with Crippen LogP contribution in [0.3, 0.4) is 0 Å². The van der Waals surface area contributed by atoms with Gasteiger partial charge in [-0.3, -0.25) is 0 Å². The molecule has 0 aliphatic carbocycles. The van der Waals surface area contributed by atoms with E-state index >= 15 is 0 Å². The third-order valence-corrected chi connectivity index (χ3v) is 3.55. The van der Waals surface area contributed by atoms with E-state index in [1.54, 1.807) is 18.4 Å². The molecular formula is C14H16O2S. The van der Waals surface area contributed by atoms with Crippen LogP contribution in [0.5, 0.6) is 5.75 Å². The summed E-state index contributed by atoms with van der Waals surface area (Å²) in [5.41, 5.74) is 1.13. The number of hydrogen-bond donors (Lipinski definition) is 1. The fraction of sp³-hybridized carbons (Fsp3) is 0.286. The van der Waals surface area contributed by atoms with E-state index in [9.17, 15) is 5.11 Å². The maximum atomic E-state index is 9.98. The summed E-state index contributed by atoms with van der Waals surface area (Å²) in [5, 5.41) is 12.0. The van der Waals surface area contributed by atoms with Gasteiger partial charge in [-0.05, 0) is 35.6 Å². The molecule has 0 bridgehead atoms. The Bertz CT molecular complexity index is 434. The van der Waals surface area contributed by atoms with Crippen LogP contribution in [-0.2, 0) is 12.8 Å². The number of aliphatic hydroxyl groups excluding tert-OH is 1. The second-order valence-electron chi connectivity index (χ2n) is 3.99. The largest absolute Gasteiger partial charge is 0.497 e. The van der Waals surface area contributed by atoms with Crippen molar-refractivity contribution in [2.75, 3.05) is 7.11 Å². The molecule has 1 aromatic heterocycles. The van der Waals surface area contributed by atoms with Crippen LogP contribution in [0.2, 0.25) is 0 Å². The van der Waals surface area contributed by atoms with Gasteiger partial charge in [-0.1, -0.05) is 18.2 Å². The lowest BCUT2D eigenvalue weighted by Crippen LogP contribution is -2.13. The van der Waals surface area contributed by atoms with Gasteiger partial charge in [0.15, 0.2) is 0 Å². The van der Waals surface area contributed by atoms with Crippen LogP contribution in [0.1, 0.15) is 10.4 Å². The first-order valence-corrected chi connectivity index (χ1v) is 6.49. The predicted octanol–water partition coefficient (Wildman–Crippen LogP) is 2.90. The first-order valence-electron chi connectivity index (χ1n) is 5.61. The summed E-state index contributed by atoms with van der Waals surface area (Å²) >= 11 is 1.69. The van der Waals surface area contributed by atoms with E-state index in [0.717, 1.165) is 17.7 Å². The lowest BCUT2D eigenvalue weighted by molar-refractivity contribution is 0.176. The van der Waals surface area contributed by atoms with Crippen molar-refractivity contribution in [3.05, 3.63) is 52.2 Å². The molecule has 1 heterocycles. The standard InChI is InChI=1S/C14H16O2S/c1-16-13-6-4-11(5-7-13)9-12(15)10-14-3-2-8-17-14/h2-8,12,15H,9-10H2,1H3. The Labute approximate surface area is 105 Å². The van der Waals surface area contributed by atoms with E-state index in [2.05, 4.69) is 6.07 Å². The summed E-state index contributed by atoms with van der Waals surface area (Å²) < 4.78 is 5.10. The number of methoxy groups -OCH3 is 1. The van der Waals surface area contributed by atoms with Crippen LogP contribution >= 0.6 is 11.3 Å². The number of rotatable bonds is 5. The Morgan fingerprint density at radius 3 is 2.53 bits per heavy atom. The van der Waals surface area contributed by atoms with Gasteiger partial charge in [-0.2, -0.15) is 0 Å². The van der Waals surface area contributed by atoms with E-state index < -0.39 is 0 Å². The predicted molar refractivity (Wildman–Crippen MR) is 70.7 cm³/mol. The van der Waals surface area contributed by atoms with Gasteiger partial charge in [0.2, 0.25) is 0 Å². The molecule has 0 aliphatic heterocycles. The second-order valence-corrected chi connectivity index (χ2v) is 5.02. The monoisotopic (exact) mass is 248 g/mol. The van der Waals surface area contributed by atoms with Crippen LogP contribution < -0.4 is 4.74 Å². The first-order chi connectivity index (χ1) is 8.28. The first kappa shape index (κ1) is 12.1. The topological polar surface area (TPSA) is 29.5 Å². The minimum atomic E-state index is -0.318. The van der Waals surface area contributed by atoms with Gasteiger partial charge in [0.1, 0.15) is 5.75 Å². The quantitative estimate of drug-likeness (QED) is 0.881. The van der Waals surface area contributed by atoms with Gasteiger partial charge in [-0.15, -0.1) is 11.3 Å². The molecule has 17 heavy (non-hydrogen) atoms. The van der Waals surface area contributed by atoms with Gasteiger partial charge in [0, 0.05) is 11.3 Å². The van der Waals surface area contributed by atoms with Crippen molar-refractivity contribution in [1.29, 1.82) is 0 Å². The maximum absolute atomic E-state index is 9.98. The van der Waals surface area contributed by atoms with E-state index in [0.29, 0.717) is 6.42 Å². The zero-order valence-electron chi connectivity index (χ0n) is 9.80. The molecule has 2 nitrogen and oxygen atoms in total. The van der Waals surface area contributed by atoms with Crippen LogP contribution in [0.15, 0.2) is 41.8 Å². The Hall–Kier alpha value is -1.32. The van der Waals surface area contributed by atoms with Gasteiger partial charge in [-0.25, -0.2) is 0 Å². The fourth-order valence-corrected chi connectivity index (χ4v) is 2.54. The van der Waals surface area contributed by atoms with Gasteiger partial charge in [0.25, 0.3) is 0 Å². The summed E-state index contributed by atoms with van der Waals surface area (Å²) in [6.07, 6.45) is 1.09. The highest BCUT2D eigenvalue weighted by Gasteiger charge is 2.07. The number of hydrogen-bond acceptors (Lipinski definition) is 3.